The summed E-state index contributed by atoms with van der Waals surface area (Å²) in [6.45, 7) is 0. The standard InChI is InChI=1S/C19H18FN3OS/c1-23-18(15-9-11-16(20)12-10-15)21-22-19(23)25-13-5-8-17(24)14-6-3-2-4-7-14/h2-4,6-7,9-12H,5,8,13H2,1H3. The van der Waals surface area contributed by atoms with E-state index < -0.39 is 0 Å². The van der Waals surface area contributed by atoms with Gasteiger partial charge in [-0.05, 0) is 30.7 Å². The molecule has 0 aliphatic rings. The smallest absolute Gasteiger partial charge is 0.191 e. The first kappa shape index (κ1) is 17.4. The fourth-order valence-electron chi connectivity index (χ4n) is 2.46. The molecule has 0 N–H and O–H groups in total. The number of rotatable bonds is 7. The van der Waals surface area contributed by atoms with Crippen molar-refractivity contribution in [2.45, 2.75) is 18.0 Å². The number of carbonyl (C=O) groups excluding carboxylic acids is 1. The van der Waals surface area contributed by atoms with Gasteiger partial charge in [0.2, 0.25) is 0 Å². The van der Waals surface area contributed by atoms with E-state index in [2.05, 4.69) is 10.2 Å². The fraction of sp³-hybridized carbons (Fsp3) is 0.211. The summed E-state index contributed by atoms with van der Waals surface area (Å²) in [5.41, 5.74) is 1.58. The molecule has 0 bridgehead atoms. The Bertz CT molecular complexity index is 847. The molecule has 0 saturated heterocycles. The molecule has 3 rings (SSSR count). The highest BCUT2D eigenvalue weighted by Crippen LogP contribution is 2.23. The normalized spacial score (nSPS) is 10.8. The number of halogens is 1. The summed E-state index contributed by atoms with van der Waals surface area (Å²) in [5, 5.41) is 9.15. The lowest BCUT2D eigenvalue weighted by atomic mass is 10.1. The molecule has 0 amide bonds. The monoisotopic (exact) mass is 355 g/mol. The average molecular weight is 355 g/mol. The molecule has 1 heterocycles. The lowest BCUT2D eigenvalue weighted by Crippen LogP contribution is -2.00. The maximum Gasteiger partial charge on any atom is 0.191 e. The van der Waals surface area contributed by atoms with E-state index in [0.29, 0.717) is 12.2 Å². The van der Waals surface area contributed by atoms with Crippen molar-refractivity contribution in [1.82, 2.24) is 14.8 Å². The van der Waals surface area contributed by atoms with Crippen LogP contribution in [0.5, 0.6) is 0 Å². The van der Waals surface area contributed by atoms with Gasteiger partial charge < -0.3 is 4.57 Å². The summed E-state index contributed by atoms with van der Waals surface area (Å²) in [6, 6.07) is 15.5. The number of ketones is 1. The second-order valence-electron chi connectivity index (χ2n) is 5.61. The Morgan fingerprint density at radius 1 is 1.08 bits per heavy atom. The van der Waals surface area contributed by atoms with Crippen molar-refractivity contribution in [2.75, 3.05) is 5.75 Å². The van der Waals surface area contributed by atoms with Crippen molar-refractivity contribution in [1.29, 1.82) is 0 Å². The molecule has 0 fully saturated rings. The summed E-state index contributed by atoms with van der Waals surface area (Å²) in [4.78, 5) is 12.1. The maximum atomic E-state index is 13.0. The van der Waals surface area contributed by atoms with Gasteiger partial charge in [-0.1, -0.05) is 42.1 Å². The van der Waals surface area contributed by atoms with Crippen molar-refractivity contribution >= 4 is 17.5 Å². The number of nitrogens with zero attached hydrogens (tertiary/aromatic N) is 3. The SMILES string of the molecule is Cn1c(SCCCC(=O)c2ccccc2)nnc1-c1ccc(F)cc1. The minimum absolute atomic E-state index is 0.158. The van der Waals surface area contributed by atoms with Gasteiger partial charge in [0.05, 0.1) is 0 Å². The second kappa shape index (κ2) is 8.07. The predicted octanol–water partition coefficient (Wildman–Crippen LogP) is 4.38. The van der Waals surface area contributed by atoms with E-state index in [0.717, 1.165) is 28.5 Å². The molecular formula is C19H18FN3OS. The van der Waals surface area contributed by atoms with E-state index >= 15 is 0 Å². The summed E-state index contributed by atoms with van der Waals surface area (Å²) in [7, 11) is 1.89. The minimum Gasteiger partial charge on any atom is -0.305 e. The van der Waals surface area contributed by atoms with E-state index in [9.17, 15) is 9.18 Å². The Labute approximate surface area is 150 Å². The lowest BCUT2D eigenvalue weighted by molar-refractivity contribution is 0.0982. The van der Waals surface area contributed by atoms with Crippen molar-refractivity contribution in [2.24, 2.45) is 7.05 Å². The topological polar surface area (TPSA) is 47.8 Å². The Hall–Kier alpha value is -2.47. The number of hydrogen-bond acceptors (Lipinski definition) is 4. The first-order valence-corrected chi connectivity index (χ1v) is 9.00. The van der Waals surface area contributed by atoms with Crippen molar-refractivity contribution in [3.63, 3.8) is 0 Å². The van der Waals surface area contributed by atoms with Gasteiger partial charge in [-0.2, -0.15) is 0 Å². The maximum absolute atomic E-state index is 13.0. The van der Waals surface area contributed by atoms with E-state index in [1.165, 1.54) is 12.1 Å². The number of hydrogen-bond donors (Lipinski definition) is 0. The highest BCUT2D eigenvalue weighted by molar-refractivity contribution is 7.99. The van der Waals surface area contributed by atoms with Crippen LogP contribution in [0.2, 0.25) is 0 Å². The fourth-order valence-corrected chi connectivity index (χ4v) is 3.31. The molecule has 0 saturated carbocycles. The molecule has 0 radical (unpaired) electrons. The Kier molecular flexibility index (Phi) is 5.60. The van der Waals surface area contributed by atoms with E-state index in [1.807, 2.05) is 41.9 Å². The second-order valence-corrected chi connectivity index (χ2v) is 6.68. The van der Waals surface area contributed by atoms with Crippen LogP contribution in [0.4, 0.5) is 4.39 Å². The first-order chi connectivity index (χ1) is 12.1. The van der Waals surface area contributed by atoms with Crippen LogP contribution in [0.3, 0.4) is 0 Å². The minimum atomic E-state index is -0.274. The van der Waals surface area contributed by atoms with Gasteiger partial charge in [-0.25, -0.2) is 4.39 Å². The molecule has 4 nitrogen and oxygen atoms in total. The summed E-state index contributed by atoms with van der Waals surface area (Å²) in [5.74, 6) is 1.37. The average Bonchev–Trinajstić information content (AvgIpc) is 3.01. The predicted molar refractivity (Wildman–Crippen MR) is 97.1 cm³/mol. The molecule has 2 aromatic carbocycles. The van der Waals surface area contributed by atoms with Gasteiger partial charge in [-0.3, -0.25) is 4.79 Å². The van der Waals surface area contributed by atoms with Crippen LogP contribution in [0.1, 0.15) is 23.2 Å². The number of thioether (sulfide) groups is 1. The quantitative estimate of drug-likeness (QED) is 0.359. The zero-order valence-electron chi connectivity index (χ0n) is 13.9. The number of benzene rings is 2. The van der Waals surface area contributed by atoms with Crippen LogP contribution in [0.25, 0.3) is 11.4 Å². The van der Waals surface area contributed by atoms with Gasteiger partial charge in [0.1, 0.15) is 5.82 Å². The highest BCUT2D eigenvalue weighted by atomic mass is 32.2. The van der Waals surface area contributed by atoms with E-state index in [4.69, 9.17) is 0 Å². The highest BCUT2D eigenvalue weighted by Gasteiger charge is 2.12. The largest absolute Gasteiger partial charge is 0.305 e. The molecular weight excluding hydrogens is 337 g/mol. The zero-order valence-corrected chi connectivity index (χ0v) is 14.7. The van der Waals surface area contributed by atoms with Crippen LogP contribution in [-0.4, -0.2) is 26.3 Å². The summed E-state index contributed by atoms with van der Waals surface area (Å²) >= 11 is 1.57. The van der Waals surface area contributed by atoms with Gasteiger partial charge in [0.25, 0.3) is 0 Å². The van der Waals surface area contributed by atoms with Crippen LogP contribution in [-0.2, 0) is 7.05 Å². The molecule has 1 aromatic heterocycles. The number of Topliss-reactive ketones (excluding diaryl/α,β-unsaturated/α-hetero) is 1. The molecule has 0 atom stereocenters. The lowest BCUT2D eigenvalue weighted by Gasteiger charge is -2.04. The molecule has 6 heteroatoms. The number of aromatic nitrogens is 3. The van der Waals surface area contributed by atoms with Crippen LogP contribution >= 0.6 is 11.8 Å². The molecule has 128 valence electrons. The van der Waals surface area contributed by atoms with Crippen LogP contribution in [0, 0.1) is 5.82 Å². The van der Waals surface area contributed by atoms with E-state index in [-0.39, 0.29) is 11.6 Å². The molecule has 0 spiro atoms. The molecule has 0 aliphatic carbocycles. The van der Waals surface area contributed by atoms with Crippen LogP contribution < -0.4 is 0 Å². The Balaban J connectivity index is 1.54. The third-order valence-corrected chi connectivity index (χ3v) is 4.92. The first-order valence-electron chi connectivity index (χ1n) is 8.01. The van der Waals surface area contributed by atoms with Gasteiger partial charge in [0.15, 0.2) is 16.8 Å². The molecule has 25 heavy (non-hydrogen) atoms. The Morgan fingerprint density at radius 2 is 1.80 bits per heavy atom. The van der Waals surface area contributed by atoms with Gasteiger partial charge in [0, 0.05) is 30.3 Å². The van der Waals surface area contributed by atoms with Crippen molar-refractivity contribution < 1.29 is 9.18 Å². The molecule has 0 aliphatic heterocycles. The zero-order chi connectivity index (χ0) is 17.6. The van der Waals surface area contributed by atoms with Gasteiger partial charge >= 0.3 is 0 Å². The van der Waals surface area contributed by atoms with Gasteiger partial charge in [-0.15, -0.1) is 10.2 Å². The molecule has 0 unspecified atom stereocenters. The third-order valence-electron chi connectivity index (χ3n) is 3.81. The van der Waals surface area contributed by atoms with E-state index in [1.54, 1.807) is 23.9 Å². The molecule has 3 aromatic rings. The summed E-state index contributed by atoms with van der Waals surface area (Å²) in [6.07, 6.45) is 1.29. The van der Waals surface area contributed by atoms with Crippen LogP contribution in [0.15, 0.2) is 59.8 Å². The third kappa shape index (κ3) is 4.33. The van der Waals surface area contributed by atoms with Crippen molar-refractivity contribution in [3.8, 4) is 11.4 Å². The Morgan fingerprint density at radius 3 is 2.52 bits per heavy atom. The summed E-state index contributed by atoms with van der Waals surface area (Å²) < 4.78 is 14.9. The van der Waals surface area contributed by atoms with Crippen molar-refractivity contribution in [3.05, 3.63) is 66.0 Å². The number of carbonyl (C=O) groups is 1.